The van der Waals surface area contributed by atoms with E-state index >= 15 is 0 Å². The first kappa shape index (κ1) is 12.6. The normalized spacial score (nSPS) is 27.2. The zero-order chi connectivity index (χ0) is 11.4. The fourth-order valence-electron chi connectivity index (χ4n) is 2.18. The molecule has 2 rings (SSSR count). The SMILES string of the molecule is CC(C)CC1CSC(NC2CCSCC2)=N1. The van der Waals surface area contributed by atoms with Crippen LogP contribution in [0.25, 0.3) is 0 Å². The van der Waals surface area contributed by atoms with Gasteiger partial charge in [0.15, 0.2) is 5.17 Å². The number of hydrogen-bond acceptors (Lipinski definition) is 4. The van der Waals surface area contributed by atoms with Gasteiger partial charge in [-0.1, -0.05) is 25.6 Å². The van der Waals surface area contributed by atoms with Gasteiger partial charge in [-0.2, -0.15) is 11.8 Å². The van der Waals surface area contributed by atoms with Crippen LogP contribution in [0, 0.1) is 5.92 Å². The maximum Gasteiger partial charge on any atom is 0.157 e. The molecule has 2 aliphatic rings. The van der Waals surface area contributed by atoms with E-state index in [4.69, 9.17) is 4.99 Å². The van der Waals surface area contributed by atoms with Gasteiger partial charge in [0, 0.05) is 11.8 Å². The highest BCUT2D eigenvalue weighted by Gasteiger charge is 2.22. The fraction of sp³-hybridized carbons (Fsp3) is 0.917. The highest BCUT2D eigenvalue weighted by atomic mass is 32.2. The molecule has 4 heteroatoms. The molecule has 92 valence electrons. The second kappa shape index (κ2) is 6.20. The minimum Gasteiger partial charge on any atom is -0.362 e. The molecule has 2 aliphatic heterocycles. The molecule has 0 saturated carbocycles. The van der Waals surface area contributed by atoms with E-state index in [9.17, 15) is 0 Å². The fourth-order valence-corrected chi connectivity index (χ4v) is 4.32. The van der Waals surface area contributed by atoms with Crippen molar-refractivity contribution in [2.24, 2.45) is 10.9 Å². The quantitative estimate of drug-likeness (QED) is 0.842. The first-order valence-corrected chi connectivity index (χ1v) is 8.43. The first-order valence-electron chi connectivity index (χ1n) is 6.29. The lowest BCUT2D eigenvalue weighted by Gasteiger charge is -2.22. The van der Waals surface area contributed by atoms with E-state index in [1.54, 1.807) is 0 Å². The average molecular weight is 258 g/mol. The molecule has 0 amide bonds. The molecule has 0 spiro atoms. The summed E-state index contributed by atoms with van der Waals surface area (Å²) < 4.78 is 0. The minimum atomic E-state index is 0.561. The molecule has 0 aromatic carbocycles. The standard InChI is InChI=1S/C12H22N2S2/c1-9(2)7-11-8-16-12(14-11)13-10-3-5-15-6-4-10/h9-11H,3-8H2,1-2H3,(H,13,14). The maximum atomic E-state index is 4.78. The Balaban J connectivity index is 1.77. The molecule has 1 fully saturated rings. The summed E-state index contributed by atoms with van der Waals surface area (Å²) in [5.41, 5.74) is 0. The second-order valence-corrected chi connectivity index (χ2v) is 7.29. The van der Waals surface area contributed by atoms with Crippen molar-refractivity contribution in [3.63, 3.8) is 0 Å². The Labute approximate surface area is 107 Å². The molecule has 1 atom stereocenters. The Bertz CT molecular complexity index is 247. The van der Waals surface area contributed by atoms with E-state index in [0.29, 0.717) is 12.1 Å². The van der Waals surface area contributed by atoms with Crippen molar-refractivity contribution < 1.29 is 0 Å². The lowest BCUT2D eigenvalue weighted by molar-refractivity contribution is 0.525. The molecule has 0 bridgehead atoms. The van der Waals surface area contributed by atoms with Gasteiger partial charge in [0.25, 0.3) is 0 Å². The largest absolute Gasteiger partial charge is 0.362 e. The van der Waals surface area contributed by atoms with Gasteiger partial charge < -0.3 is 5.32 Å². The van der Waals surface area contributed by atoms with E-state index < -0.39 is 0 Å². The van der Waals surface area contributed by atoms with Gasteiger partial charge in [-0.15, -0.1) is 0 Å². The zero-order valence-electron chi connectivity index (χ0n) is 10.2. The molecule has 16 heavy (non-hydrogen) atoms. The number of aliphatic imine (C=N–C) groups is 1. The molecule has 0 aliphatic carbocycles. The van der Waals surface area contributed by atoms with Crippen LogP contribution in [-0.4, -0.2) is 34.5 Å². The molecule has 0 aromatic heterocycles. The van der Waals surface area contributed by atoms with E-state index in [1.165, 1.54) is 41.7 Å². The summed E-state index contributed by atoms with van der Waals surface area (Å²) in [6, 6.07) is 1.25. The topological polar surface area (TPSA) is 24.4 Å². The number of nitrogens with zero attached hydrogens (tertiary/aromatic N) is 1. The molecular formula is C12H22N2S2. The molecule has 0 radical (unpaired) electrons. The highest BCUT2D eigenvalue weighted by molar-refractivity contribution is 8.14. The van der Waals surface area contributed by atoms with Crippen molar-refractivity contribution >= 4 is 28.7 Å². The summed E-state index contributed by atoms with van der Waals surface area (Å²) in [5, 5.41) is 4.83. The molecule has 2 nitrogen and oxygen atoms in total. The predicted molar refractivity (Wildman–Crippen MR) is 76.6 cm³/mol. The van der Waals surface area contributed by atoms with Gasteiger partial charge >= 0.3 is 0 Å². The van der Waals surface area contributed by atoms with Crippen LogP contribution in [0.2, 0.25) is 0 Å². The third-order valence-electron chi connectivity index (χ3n) is 3.00. The van der Waals surface area contributed by atoms with Gasteiger partial charge in [0.1, 0.15) is 0 Å². The molecule has 1 saturated heterocycles. The third kappa shape index (κ3) is 3.88. The maximum absolute atomic E-state index is 4.78. The van der Waals surface area contributed by atoms with Crippen molar-refractivity contribution in [1.29, 1.82) is 0 Å². The summed E-state index contributed by atoms with van der Waals surface area (Å²) in [5.74, 6) is 4.57. The summed E-state index contributed by atoms with van der Waals surface area (Å²) in [4.78, 5) is 4.78. The van der Waals surface area contributed by atoms with Gasteiger partial charge in [-0.05, 0) is 36.7 Å². The van der Waals surface area contributed by atoms with Gasteiger partial charge in [-0.3, -0.25) is 4.99 Å². The predicted octanol–water partition coefficient (Wildman–Crippen LogP) is 2.99. The minimum absolute atomic E-state index is 0.561. The third-order valence-corrected chi connectivity index (χ3v) is 5.10. The van der Waals surface area contributed by atoms with Crippen LogP contribution < -0.4 is 5.32 Å². The average Bonchev–Trinajstić information content (AvgIpc) is 2.66. The van der Waals surface area contributed by atoms with E-state index in [2.05, 4.69) is 30.9 Å². The van der Waals surface area contributed by atoms with Crippen LogP contribution in [-0.2, 0) is 0 Å². The highest BCUT2D eigenvalue weighted by Crippen LogP contribution is 2.24. The van der Waals surface area contributed by atoms with Gasteiger partial charge in [0.2, 0.25) is 0 Å². The molecule has 0 aromatic rings. The lowest BCUT2D eigenvalue weighted by atomic mass is 10.1. The smallest absolute Gasteiger partial charge is 0.157 e. The Morgan fingerprint density at radius 3 is 2.81 bits per heavy atom. The van der Waals surface area contributed by atoms with Crippen LogP contribution in [0.5, 0.6) is 0 Å². The van der Waals surface area contributed by atoms with E-state index in [-0.39, 0.29) is 0 Å². The molecule has 2 heterocycles. The molecule has 1 unspecified atom stereocenters. The van der Waals surface area contributed by atoms with Gasteiger partial charge in [-0.25, -0.2) is 0 Å². The van der Waals surface area contributed by atoms with Crippen LogP contribution >= 0.6 is 23.5 Å². The Morgan fingerprint density at radius 1 is 1.38 bits per heavy atom. The van der Waals surface area contributed by atoms with Crippen LogP contribution in [0.15, 0.2) is 4.99 Å². The summed E-state index contributed by atoms with van der Waals surface area (Å²) in [7, 11) is 0. The first-order chi connectivity index (χ1) is 7.74. The van der Waals surface area contributed by atoms with Crippen molar-refractivity contribution in [1.82, 2.24) is 5.32 Å². The number of hydrogen-bond donors (Lipinski definition) is 1. The second-order valence-electron chi connectivity index (χ2n) is 5.06. The Hall–Kier alpha value is 0.170. The molecular weight excluding hydrogens is 236 g/mol. The number of rotatable bonds is 3. The number of thioether (sulfide) groups is 2. The van der Waals surface area contributed by atoms with Crippen LogP contribution in [0.1, 0.15) is 33.1 Å². The van der Waals surface area contributed by atoms with Crippen LogP contribution in [0.4, 0.5) is 0 Å². The van der Waals surface area contributed by atoms with Crippen molar-refractivity contribution in [3.05, 3.63) is 0 Å². The summed E-state index contributed by atoms with van der Waals surface area (Å²) in [6.07, 6.45) is 3.84. The van der Waals surface area contributed by atoms with Crippen molar-refractivity contribution in [3.8, 4) is 0 Å². The Kier molecular flexibility index (Phi) is 4.89. The summed E-state index contributed by atoms with van der Waals surface area (Å²) >= 11 is 4.00. The number of amidine groups is 1. The monoisotopic (exact) mass is 258 g/mol. The zero-order valence-corrected chi connectivity index (χ0v) is 11.9. The Morgan fingerprint density at radius 2 is 2.12 bits per heavy atom. The van der Waals surface area contributed by atoms with Crippen LogP contribution in [0.3, 0.4) is 0 Å². The summed E-state index contributed by atoms with van der Waals surface area (Å²) in [6.45, 7) is 4.56. The lowest BCUT2D eigenvalue weighted by Crippen LogP contribution is -2.35. The molecule has 1 N–H and O–H groups in total. The van der Waals surface area contributed by atoms with E-state index in [1.807, 2.05) is 11.8 Å². The van der Waals surface area contributed by atoms with Gasteiger partial charge in [0.05, 0.1) is 6.04 Å². The van der Waals surface area contributed by atoms with Crippen molar-refractivity contribution in [2.45, 2.75) is 45.2 Å². The van der Waals surface area contributed by atoms with E-state index in [0.717, 1.165) is 5.92 Å². The number of nitrogens with one attached hydrogen (secondary N) is 1. The van der Waals surface area contributed by atoms with Crippen molar-refractivity contribution in [2.75, 3.05) is 17.3 Å².